The van der Waals surface area contributed by atoms with Crippen LogP contribution in [0.5, 0.6) is 5.75 Å². The molecule has 0 atom stereocenters. The fourth-order valence-electron chi connectivity index (χ4n) is 2.30. The first-order valence-corrected chi connectivity index (χ1v) is 8.36. The van der Waals surface area contributed by atoms with Gasteiger partial charge in [0.1, 0.15) is 5.75 Å². The third-order valence-electron chi connectivity index (χ3n) is 3.51. The SMILES string of the molecule is CCOc1ccc(S(=O)(=O)N2CCN(C=O)CC2)cc1C. The van der Waals surface area contributed by atoms with Gasteiger partial charge in [-0.3, -0.25) is 4.79 Å². The Morgan fingerprint density at radius 3 is 2.43 bits per heavy atom. The molecule has 116 valence electrons. The minimum Gasteiger partial charge on any atom is -0.494 e. The monoisotopic (exact) mass is 312 g/mol. The van der Waals surface area contributed by atoms with E-state index in [1.807, 2.05) is 13.8 Å². The second-order valence-corrected chi connectivity index (χ2v) is 6.84. The molecule has 6 nitrogen and oxygen atoms in total. The quantitative estimate of drug-likeness (QED) is 0.756. The highest BCUT2D eigenvalue weighted by Gasteiger charge is 2.28. The van der Waals surface area contributed by atoms with E-state index in [2.05, 4.69) is 0 Å². The summed E-state index contributed by atoms with van der Waals surface area (Å²) in [5.74, 6) is 0.697. The van der Waals surface area contributed by atoms with Crippen LogP contribution in [-0.4, -0.2) is 56.8 Å². The van der Waals surface area contributed by atoms with Gasteiger partial charge in [-0.15, -0.1) is 0 Å². The molecule has 0 bridgehead atoms. The van der Waals surface area contributed by atoms with Crippen molar-refractivity contribution in [1.29, 1.82) is 0 Å². The number of carbonyl (C=O) groups is 1. The van der Waals surface area contributed by atoms with Crippen LogP contribution in [0.4, 0.5) is 0 Å². The van der Waals surface area contributed by atoms with Crippen LogP contribution >= 0.6 is 0 Å². The van der Waals surface area contributed by atoms with E-state index in [-0.39, 0.29) is 4.90 Å². The minimum absolute atomic E-state index is 0.267. The molecular weight excluding hydrogens is 292 g/mol. The zero-order chi connectivity index (χ0) is 15.5. The molecule has 1 fully saturated rings. The van der Waals surface area contributed by atoms with Crippen molar-refractivity contribution in [2.45, 2.75) is 18.7 Å². The predicted molar refractivity (Wildman–Crippen MR) is 78.7 cm³/mol. The van der Waals surface area contributed by atoms with E-state index in [9.17, 15) is 13.2 Å². The van der Waals surface area contributed by atoms with E-state index in [0.717, 1.165) is 12.0 Å². The predicted octanol–water partition coefficient (Wildman–Crippen LogP) is 0.856. The molecule has 1 amide bonds. The number of ether oxygens (including phenoxy) is 1. The zero-order valence-corrected chi connectivity index (χ0v) is 13.1. The van der Waals surface area contributed by atoms with E-state index in [1.54, 1.807) is 23.1 Å². The number of hydrogen-bond donors (Lipinski definition) is 0. The van der Waals surface area contributed by atoms with Crippen LogP contribution < -0.4 is 4.74 Å². The molecule has 1 aliphatic rings. The third kappa shape index (κ3) is 3.36. The normalized spacial score (nSPS) is 16.8. The number of sulfonamides is 1. The average molecular weight is 312 g/mol. The smallest absolute Gasteiger partial charge is 0.243 e. The number of hydrogen-bond acceptors (Lipinski definition) is 4. The van der Waals surface area contributed by atoms with Crippen molar-refractivity contribution in [3.05, 3.63) is 23.8 Å². The second kappa shape index (κ2) is 6.44. The Bertz CT molecular complexity index is 607. The first-order chi connectivity index (χ1) is 9.98. The molecule has 0 saturated carbocycles. The third-order valence-corrected chi connectivity index (χ3v) is 5.40. The molecular formula is C14H20N2O4S. The number of amides is 1. The standard InChI is InChI=1S/C14H20N2O4S/c1-3-20-14-5-4-13(10-12(14)2)21(18,19)16-8-6-15(11-17)7-9-16/h4-5,10-11H,3,6-9H2,1-2H3. The number of aryl methyl sites for hydroxylation is 1. The summed E-state index contributed by atoms with van der Waals surface area (Å²) in [6.45, 7) is 5.77. The van der Waals surface area contributed by atoms with Gasteiger partial charge >= 0.3 is 0 Å². The van der Waals surface area contributed by atoms with Gasteiger partial charge in [-0.05, 0) is 37.6 Å². The van der Waals surface area contributed by atoms with Crippen LogP contribution in [0.25, 0.3) is 0 Å². The molecule has 2 rings (SSSR count). The van der Waals surface area contributed by atoms with Gasteiger partial charge < -0.3 is 9.64 Å². The summed E-state index contributed by atoms with van der Waals surface area (Å²) in [5, 5.41) is 0. The number of benzene rings is 1. The summed E-state index contributed by atoms with van der Waals surface area (Å²) in [5.41, 5.74) is 0.796. The largest absolute Gasteiger partial charge is 0.494 e. The summed E-state index contributed by atoms with van der Waals surface area (Å²) in [6, 6.07) is 4.89. The van der Waals surface area contributed by atoms with Crippen LogP contribution in [0, 0.1) is 6.92 Å². The van der Waals surface area contributed by atoms with Crippen molar-refractivity contribution in [2.75, 3.05) is 32.8 Å². The van der Waals surface area contributed by atoms with E-state index < -0.39 is 10.0 Å². The Morgan fingerprint density at radius 1 is 1.24 bits per heavy atom. The highest BCUT2D eigenvalue weighted by atomic mass is 32.2. The topological polar surface area (TPSA) is 66.9 Å². The van der Waals surface area contributed by atoms with Crippen LogP contribution in [0.1, 0.15) is 12.5 Å². The van der Waals surface area contributed by atoms with Crippen molar-refractivity contribution in [3.8, 4) is 5.75 Å². The van der Waals surface area contributed by atoms with E-state index >= 15 is 0 Å². The maximum Gasteiger partial charge on any atom is 0.243 e. The molecule has 0 spiro atoms. The van der Waals surface area contributed by atoms with Gasteiger partial charge in [0.2, 0.25) is 16.4 Å². The molecule has 1 aliphatic heterocycles. The Kier molecular flexibility index (Phi) is 4.84. The van der Waals surface area contributed by atoms with E-state index in [0.29, 0.717) is 38.5 Å². The lowest BCUT2D eigenvalue weighted by molar-refractivity contribution is -0.119. The van der Waals surface area contributed by atoms with Crippen molar-refractivity contribution >= 4 is 16.4 Å². The maximum absolute atomic E-state index is 12.6. The Balaban J connectivity index is 2.20. The summed E-state index contributed by atoms with van der Waals surface area (Å²) in [4.78, 5) is 12.5. The van der Waals surface area contributed by atoms with Crippen molar-refractivity contribution in [2.24, 2.45) is 0 Å². The summed E-state index contributed by atoms with van der Waals surface area (Å²) >= 11 is 0. The zero-order valence-electron chi connectivity index (χ0n) is 12.3. The summed E-state index contributed by atoms with van der Waals surface area (Å²) in [6.07, 6.45) is 0.755. The van der Waals surface area contributed by atoms with E-state index in [1.165, 1.54) is 4.31 Å². The van der Waals surface area contributed by atoms with Gasteiger partial charge in [-0.25, -0.2) is 8.42 Å². The molecule has 1 aromatic carbocycles. The van der Waals surface area contributed by atoms with Gasteiger partial charge in [0.15, 0.2) is 0 Å². The Hall–Kier alpha value is -1.60. The van der Waals surface area contributed by atoms with Crippen LogP contribution in [0.3, 0.4) is 0 Å². The molecule has 0 radical (unpaired) electrons. The van der Waals surface area contributed by atoms with Crippen molar-refractivity contribution < 1.29 is 17.9 Å². The van der Waals surface area contributed by atoms with E-state index in [4.69, 9.17) is 4.74 Å². The van der Waals surface area contributed by atoms with Crippen LogP contribution in [0.2, 0.25) is 0 Å². The van der Waals surface area contributed by atoms with Crippen LogP contribution in [-0.2, 0) is 14.8 Å². The molecule has 1 heterocycles. The number of carbonyl (C=O) groups excluding carboxylic acids is 1. The molecule has 0 aromatic heterocycles. The van der Waals surface area contributed by atoms with Gasteiger partial charge in [0, 0.05) is 26.2 Å². The molecule has 0 aliphatic carbocycles. The first-order valence-electron chi connectivity index (χ1n) is 6.92. The number of rotatable bonds is 5. The van der Waals surface area contributed by atoms with Crippen molar-refractivity contribution in [3.63, 3.8) is 0 Å². The maximum atomic E-state index is 12.6. The second-order valence-electron chi connectivity index (χ2n) is 4.91. The first kappa shape index (κ1) is 15.8. The highest BCUT2D eigenvalue weighted by molar-refractivity contribution is 7.89. The average Bonchev–Trinajstić information content (AvgIpc) is 2.49. The molecule has 7 heteroatoms. The number of piperazine rings is 1. The lowest BCUT2D eigenvalue weighted by Gasteiger charge is -2.31. The Labute approximate surface area is 125 Å². The molecule has 0 unspecified atom stereocenters. The van der Waals surface area contributed by atoms with Gasteiger partial charge in [-0.1, -0.05) is 0 Å². The van der Waals surface area contributed by atoms with Gasteiger partial charge in [0.05, 0.1) is 11.5 Å². The van der Waals surface area contributed by atoms with Crippen LogP contribution in [0.15, 0.2) is 23.1 Å². The highest BCUT2D eigenvalue weighted by Crippen LogP contribution is 2.24. The van der Waals surface area contributed by atoms with Crippen molar-refractivity contribution in [1.82, 2.24) is 9.21 Å². The number of nitrogens with zero attached hydrogens (tertiary/aromatic N) is 2. The lowest BCUT2D eigenvalue weighted by atomic mass is 10.2. The summed E-state index contributed by atoms with van der Waals surface area (Å²) in [7, 11) is -3.51. The Morgan fingerprint density at radius 2 is 1.90 bits per heavy atom. The molecule has 1 aromatic rings. The summed E-state index contributed by atoms with van der Waals surface area (Å²) < 4.78 is 32.0. The fraction of sp³-hybridized carbons (Fsp3) is 0.500. The van der Waals surface area contributed by atoms with Gasteiger partial charge in [-0.2, -0.15) is 4.31 Å². The molecule has 0 N–H and O–H groups in total. The molecule has 1 saturated heterocycles. The fourth-order valence-corrected chi connectivity index (χ4v) is 3.81. The minimum atomic E-state index is -3.51. The lowest BCUT2D eigenvalue weighted by Crippen LogP contribution is -2.47. The van der Waals surface area contributed by atoms with Gasteiger partial charge in [0.25, 0.3) is 0 Å². The molecule has 21 heavy (non-hydrogen) atoms.